The molecule has 0 N–H and O–H groups in total. The maximum Gasteiger partial charge on any atom is 0.200 e. The SMILES string of the molecule is COc1c(-c2cnn(C)c2)cnc2ccc(Sc3nnc4ccc(-c5cnn(C)c5)cn34)cc12.Cn1cc(-c2ccc3nnc(Sc4ccc5ncc(-c6cnn(C)c6)c(Cl)c5c4)n3c2)cn1. The second-order valence-electron chi connectivity index (χ2n) is 15.6. The highest BCUT2D eigenvalue weighted by molar-refractivity contribution is 7.99. The summed E-state index contributed by atoms with van der Waals surface area (Å²) in [4.78, 5) is 11.2. The van der Waals surface area contributed by atoms with E-state index in [2.05, 4.69) is 56.8 Å². The Kier molecular flexibility index (Phi) is 10.7. The molecule has 0 aliphatic carbocycles. The lowest BCUT2D eigenvalue weighted by Crippen LogP contribution is -1.93. The summed E-state index contributed by atoms with van der Waals surface area (Å²) in [6.45, 7) is 0. The Hall–Kier alpha value is -7.87. The summed E-state index contributed by atoms with van der Waals surface area (Å²) < 4.78 is 16.9. The summed E-state index contributed by atoms with van der Waals surface area (Å²) in [5.41, 5.74) is 11.1. The maximum absolute atomic E-state index is 6.80. The first-order valence-corrected chi connectivity index (χ1v) is 22.7. The maximum atomic E-state index is 6.80. The van der Waals surface area contributed by atoms with Crippen molar-refractivity contribution < 1.29 is 4.74 Å². The molecular weight excluding hydrogens is 904 g/mol. The standard InChI is InChI=1S/C24H20N8OS.C23H17ClN8S/c1-30-12-16(9-26-30)15-4-7-22-28-29-24(32(22)14-15)34-18-5-6-21-19(8-18)23(33-3)20(11-25-21)17-10-27-31(2)13-17;1-30-11-15(8-26-30)14-3-6-21-28-29-23(32(21)13-14)33-17-4-5-20-18(7-17)22(24)19(10-25-20)16-9-27-31(2)12-16/h4-14H,1-3H3;3-13H,1-2H3. The number of benzene rings is 2. The van der Waals surface area contributed by atoms with E-state index in [1.807, 2.05) is 154 Å². The first kappa shape index (κ1) is 41.8. The fraction of sp³-hybridized carbons (Fsp3) is 0.106. The number of pyridine rings is 4. The van der Waals surface area contributed by atoms with Gasteiger partial charge in [0.2, 0.25) is 0 Å². The molecule has 0 aliphatic rings. The number of ether oxygens (including phenoxy) is 1. The van der Waals surface area contributed by atoms with Crippen molar-refractivity contribution in [2.45, 2.75) is 20.1 Å². The van der Waals surface area contributed by atoms with Gasteiger partial charge in [0.05, 0.1) is 48.0 Å². The fourth-order valence-electron chi connectivity index (χ4n) is 7.73. The molecule has 0 unspecified atom stereocenters. The zero-order chi connectivity index (χ0) is 45.8. The highest BCUT2D eigenvalue weighted by Crippen LogP contribution is 2.39. The van der Waals surface area contributed by atoms with Crippen LogP contribution in [0.15, 0.2) is 155 Å². The zero-order valence-electron chi connectivity index (χ0n) is 36.5. The summed E-state index contributed by atoms with van der Waals surface area (Å²) in [5, 5.41) is 38.5. The molecular formula is C47H37ClN16OS2. The van der Waals surface area contributed by atoms with Gasteiger partial charge in [0, 0.05) is 143 Å². The highest BCUT2D eigenvalue weighted by Gasteiger charge is 2.17. The fourth-order valence-corrected chi connectivity index (χ4v) is 9.74. The quantitative estimate of drug-likeness (QED) is 0.135. The van der Waals surface area contributed by atoms with E-state index in [0.29, 0.717) is 5.02 Å². The van der Waals surface area contributed by atoms with Crippen LogP contribution in [0, 0.1) is 0 Å². The van der Waals surface area contributed by atoms with Crippen molar-refractivity contribution in [3.63, 3.8) is 0 Å². The molecule has 0 saturated heterocycles. The summed E-state index contributed by atoms with van der Waals surface area (Å²) in [7, 11) is 9.26. The normalized spacial score (nSPS) is 11.6. The van der Waals surface area contributed by atoms with E-state index in [4.69, 9.17) is 16.3 Å². The molecule has 10 aromatic heterocycles. The number of hydrogen-bond acceptors (Lipinski definition) is 13. The Morgan fingerprint density at radius 1 is 0.463 bits per heavy atom. The monoisotopic (exact) mass is 940 g/mol. The van der Waals surface area contributed by atoms with Crippen LogP contribution in [-0.4, -0.2) is 85.4 Å². The van der Waals surface area contributed by atoms with Crippen molar-refractivity contribution in [3.05, 3.63) is 140 Å². The number of hydrogen-bond donors (Lipinski definition) is 0. The van der Waals surface area contributed by atoms with Crippen molar-refractivity contribution in [2.24, 2.45) is 28.2 Å². The van der Waals surface area contributed by atoms with Crippen LogP contribution in [-0.2, 0) is 28.2 Å². The number of rotatable bonds is 9. The lowest BCUT2D eigenvalue weighted by molar-refractivity contribution is 0.421. The molecule has 17 nitrogen and oxygen atoms in total. The molecule has 67 heavy (non-hydrogen) atoms. The highest BCUT2D eigenvalue weighted by atomic mass is 35.5. The minimum Gasteiger partial charge on any atom is -0.495 e. The third-order valence-corrected chi connectivity index (χ3v) is 13.3. The van der Waals surface area contributed by atoms with Gasteiger partial charge in [-0.05, 0) is 84.2 Å². The lowest BCUT2D eigenvalue weighted by Gasteiger charge is -2.11. The second kappa shape index (κ2) is 17.2. The van der Waals surface area contributed by atoms with Gasteiger partial charge in [-0.25, -0.2) is 0 Å². The molecule has 0 amide bonds. The molecule has 0 saturated carbocycles. The minimum absolute atomic E-state index is 0.653. The molecule has 20 heteroatoms. The Balaban J connectivity index is 0.000000148. The van der Waals surface area contributed by atoms with Crippen LogP contribution in [0.5, 0.6) is 5.75 Å². The Morgan fingerprint density at radius 2 is 0.910 bits per heavy atom. The largest absolute Gasteiger partial charge is 0.495 e. The number of aromatic nitrogens is 16. The van der Waals surface area contributed by atoms with Crippen LogP contribution in [0.4, 0.5) is 0 Å². The first-order valence-electron chi connectivity index (χ1n) is 20.7. The van der Waals surface area contributed by atoms with Crippen molar-refractivity contribution in [3.8, 4) is 50.3 Å². The molecule has 0 atom stereocenters. The molecule has 0 spiro atoms. The number of aryl methyl sites for hydroxylation is 4. The van der Waals surface area contributed by atoms with Crippen molar-refractivity contribution in [2.75, 3.05) is 7.11 Å². The minimum atomic E-state index is 0.653. The van der Waals surface area contributed by atoms with E-state index in [0.717, 1.165) is 103 Å². The molecule has 330 valence electrons. The smallest absolute Gasteiger partial charge is 0.200 e. The van der Waals surface area contributed by atoms with Gasteiger partial charge in [-0.2, -0.15) is 20.4 Å². The van der Waals surface area contributed by atoms with Gasteiger partial charge in [0.1, 0.15) is 5.75 Å². The first-order chi connectivity index (χ1) is 32.6. The van der Waals surface area contributed by atoms with Crippen molar-refractivity contribution in [1.29, 1.82) is 0 Å². The van der Waals surface area contributed by atoms with Gasteiger partial charge in [-0.3, -0.25) is 37.5 Å². The number of nitrogens with zero attached hydrogens (tertiary/aromatic N) is 16. The van der Waals surface area contributed by atoms with Crippen LogP contribution in [0.1, 0.15) is 0 Å². The van der Waals surface area contributed by atoms with E-state index in [1.54, 1.807) is 50.0 Å². The van der Waals surface area contributed by atoms with Crippen molar-refractivity contribution in [1.82, 2.24) is 78.3 Å². The number of halogens is 1. The molecule has 0 bridgehead atoms. The predicted molar refractivity (Wildman–Crippen MR) is 258 cm³/mol. The van der Waals surface area contributed by atoms with Crippen LogP contribution < -0.4 is 4.74 Å². The average molecular weight is 942 g/mol. The summed E-state index contributed by atoms with van der Waals surface area (Å²) in [6.07, 6.45) is 22.8. The van der Waals surface area contributed by atoms with E-state index in [-0.39, 0.29) is 0 Å². The zero-order valence-corrected chi connectivity index (χ0v) is 38.8. The molecule has 12 rings (SSSR count). The molecule has 0 radical (unpaired) electrons. The second-order valence-corrected chi connectivity index (χ2v) is 18.1. The van der Waals surface area contributed by atoms with E-state index >= 15 is 0 Å². The Bertz CT molecular complexity index is 3810. The Labute approximate surface area is 395 Å². The van der Waals surface area contributed by atoms with Gasteiger partial charge >= 0.3 is 0 Å². The summed E-state index contributed by atoms with van der Waals surface area (Å²) in [6, 6.07) is 20.1. The van der Waals surface area contributed by atoms with E-state index < -0.39 is 0 Å². The summed E-state index contributed by atoms with van der Waals surface area (Å²) in [5.74, 6) is 0.769. The third kappa shape index (κ3) is 8.13. The third-order valence-electron chi connectivity index (χ3n) is 11.0. The average Bonchev–Trinajstić information content (AvgIpc) is 4.23. The van der Waals surface area contributed by atoms with Gasteiger partial charge < -0.3 is 4.74 Å². The molecule has 0 aliphatic heterocycles. The van der Waals surface area contributed by atoms with Gasteiger partial charge in [-0.1, -0.05) is 11.6 Å². The van der Waals surface area contributed by atoms with Crippen LogP contribution in [0.3, 0.4) is 0 Å². The Morgan fingerprint density at radius 3 is 1.39 bits per heavy atom. The summed E-state index contributed by atoms with van der Waals surface area (Å²) >= 11 is 9.87. The van der Waals surface area contributed by atoms with E-state index in [9.17, 15) is 0 Å². The van der Waals surface area contributed by atoms with Crippen LogP contribution in [0.2, 0.25) is 5.02 Å². The van der Waals surface area contributed by atoms with Crippen molar-refractivity contribution >= 4 is 68.2 Å². The topological polar surface area (TPSA) is 167 Å². The van der Waals surface area contributed by atoms with Crippen LogP contribution >= 0.6 is 35.1 Å². The van der Waals surface area contributed by atoms with Gasteiger partial charge in [0.25, 0.3) is 0 Å². The molecule has 10 heterocycles. The predicted octanol–water partition coefficient (Wildman–Crippen LogP) is 9.12. The molecule has 12 aromatic rings. The number of methoxy groups -OCH3 is 1. The molecule has 0 fully saturated rings. The lowest BCUT2D eigenvalue weighted by atomic mass is 10.1. The molecule has 2 aromatic carbocycles. The van der Waals surface area contributed by atoms with E-state index in [1.165, 1.54) is 11.8 Å². The number of fused-ring (bicyclic) bond motifs is 4. The van der Waals surface area contributed by atoms with Gasteiger partial charge in [0.15, 0.2) is 21.6 Å². The van der Waals surface area contributed by atoms with Gasteiger partial charge in [-0.15, -0.1) is 20.4 Å². The van der Waals surface area contributed by atoms with Crippen LogP contribution in [0.25, 0.3) is 77.6 Å².